The van der Waals surface area contributed by atoms with Crippen LogP contribution in [0.3, 0.4) is 0 Å². The SMILES string of the molecule is CCN(CC(=O)N1CCCCCC1)c1ccc(C)cc1C. The van der Waals surface area contributed by atoms with Crippen LogP contribution < -0.4 is 4.90 Å². The maximum atomic E-state index is 12.6. The molecule has 0 unspecified atom stereocenters. The van der Waals surface area contributed by atoms with Crippen molar-refractivity contribution < 1.29 is 4.79 Å². The van der Waals surface area contributed by atoms with Crippen LogP contribution in [0.2, 0.25) is 0 Å². The van der Waals surface area contributed by atoms with Crippen LogP contribution in [0.5, 0.6) is 0 Å². The van der Waals surface area contributed by atoms with Crippen molar-refractivity contribution in [2.24, 2.45) is 0 Å². The first-order valence-corrected chi connectivity index (χ1v) is 8.21. The highest BCUT2D eigenvalue weighted by Crippen LogP contribution is 2.21. The van der Waals surface area contributed by atoms with Crippen molar-refractivity contribution in [2.75, 3.05) is 31.1 Å². The van der Waals surface area contributed by atoms with E-state index in [2.05, 4.69) is 48.8 Å². The molecular weight excluding hydrogens is 260 g/mol. The van der Waals surface area contributed by atoms with Crippen LogP contribution in [-0.2, 0) is 4.79 Å². The minimum atomic E-state index is 0.277. The highest BCUT2D eigenvalue weighted by Gasteiger charge is 2.19. The van der Waals surface area contributed by atoms with E-state index in [0.717, 1.165) is 32.5 Å². The fourth-order valence-electron chi connectivity index (χ4n) is 3.11. The van der Waals surface area contributed by atoms with Crippen LogP contribution in [0.25, 0.3) is 0 Å². The second-order valence-electron chi connectivity index (χ2n) is 6.10. The lowest BCUT2D eigenvalue weighted by Crippen LogP contribution is -2.41. The van der Waals surface area contributed by atoms with E-state index in [4.69, 9.17) is 0 Å². The fourth-order valence-corrected chi connectivity index (χ4v) is 3.11. The van der Waals surface area contributed by atoms with Gasteiger partial charge in [-0.05, 0) is 45.2 Å². The molecule has 1 amide bonds. The number of benzene rings is 1. The molecule has 1 heterocycles. The van der Waals surface area contributed by atoms with Crippen molar-refractivity contribution in [3.05, 3.63) is 29.3 Å². The van der Waals surface area contributed by atoms with Gasteiger partial charge in [-0.2, -0.15) is 0 Å². The number of hydrogen-bond donors (Lipinski definition) is 0. The first-order chi connectivity index (χ1) is 10.1. The summed E-state index contributed by atoms with van der Waals surface area (Å²) in [5, 5.41) is 0. The third kappa shape index (κ3) is 4.23. The standard InChI is InChI=1S/C18H28N2O/c1-4-19(17-10-9-15(2)13-16(17)3)14-18(21)20-11-7-5-6-8-12-20/h9-10,13H,4-8,11-12,14H2,1-3H3. The molecule has 1 fully saturated rings. The van der Waals surface area contributed by atoms with Crippen molar-refractivity contribution in [1.29, 1.82) is 0 Å². The summed E-state index contributed by atoms with van der Waals surface area (Å²) in [4.78, 5) is 16.8. The second kappa shape index (κ2) is 7.48. The first-order valence-electron chi connectivity index (χ1n) is 8.21. The van der Waals surface area contributed by atoms with Gasteiger partial charge in [-0.15, -0.1) is 0 Å². The molecule has 3 heteroatoms. The Hall–Kier alpha value is -1.51. The Morgan fingerprint density at radius 1 is 1.14 bits per heavy atom. The third-order valence-corrected chi connectivity index (χ3v) is 4.36. The molecule has 0 atom stereocenters. The average molecular weight is 288 g/mol. The Morgan fingerprint density at radius 2 is 1.81 bits per heavy atom. The highest BCUT2D eigenvalue weighted by atomic mass is 16.2. The molecule has 0 radical (unpaired) electrons. The lowest BCUT2D eigenvalue weighted by Gasteiger charge is -2.28. The van der Waals surface area contributed by atoms with E-state index in [1.165, 1.54) is 29.7 Å². The molecule has 0 aliphatic carbocycles. The van der Waals surface area contributed by atoms with E-state index in [1.54, 1.807) is 0 Å². The van der Waals surface area contributed by atoms with E-state index in [-0.39, 0.29) is 5.91 Å². The summed E-state index contributed by atoms with van der Waals surface area (Å²) in [6.45, 7) is 9.59. The fraction of sp³-hybridized carbons (Fsp3) is 0.611. The Balaban J connectivity index is 2.05. The number of nitrogens with zero attached hydrogens (tertiary/aromatic N) is 2. The molecular formula is C18H28N2O. The van der Waals surface area contributed by atoms with E-state index in [1.807, 2.05) is 0 Å². The maximum absolute atomic E-state index is 12.6. The van der Waals surface area contributed by atoms with Crippen molar-refractivity contribution in [3.8, 4) is 0 Å². The number of likely N-dealkylation sites (tertiary alicyclic amines) is 1. The Kier molecular flexibility index (Phi) is 5.66. The van der Waals surface area contributed by atoms with E-state index < -0.39 is 0 Å². The predicted molar refractivity (Wildman–Crippen MR) is 88.9 cm³/mol. The number of hydrogen-bond acceptors (Lipinski definition) is 2. The monoisotopic (exact) mass is 288 g/mol. The summed E-state index contributed by atoms with van der Waals surface area (Å²) in [5.41, 5.74) is 3.71. The number of carbonyl (C=O) groups excluding carboxylic acids is 1. The van der Waals surface area contributed by atoms with Gasteiger partial charge < -0.3 is 9.80 Å². The summed E-state index contributed by atoms with van der Waals surface area (Å²) in [6.07, 6.45) is 4.83. The number of amides is 1. The van der Waals surface area contributed by atoms with Gasteiger partial charge in [0.2, 0.25) is 5.91 Å². The van der Waals surface area contributed by atoms with Crippen molar-refractivity contribution in [2.45, 2.75) is 46.5 Å². The molecule has 1 aliphatic heterocycles. The van der Waals surface area contributed by atoms with Crippen LogP contribution >= 0.6 is 0 Å². The van der Waals surface area contributed by atoms with Crippen molar-refractivity contribution >= 4 is 11.6 Å². The summed E-state index contributed by atoms with van der Waals surface area (Å²) < 4.78 is 0. The molecule has 21 heavy (non-hydrogen) atoms. The number of anilines is 1. The molecule has 1 aliphatic rings. The van der Waals surface area contributed by atoms with Gasteiger partial charge in [0.25, 0.3) is 0 Å². The average Bonchev–Trinajstić information content (AvgIpc) is 2.74. The van der Waals surface area contributed by atoms with Crippen LogP contribution in [0.15, 0.2) is 18.2 Å². The van der Waals surface area contributed by atoms with Gasteiger partial charge in [0.1, 0.15) is 0 Å². The second-order valence-corrected chi connectivity index (χ2v) is 6.10. The summed E-state index contributed by atoms with van der Waals surface area (Å²) in [7, 11) is 0. The van der Waals surface area contributed by atoms with Gasteiger partial charge >= 0.3 is 0 Å². The molecule has 0 bridgehead atoms. The number of likely N-dealkylation sites (N-methyl/N-ethyl adjacent to an activating group) is 1. The summed E-state index contributed by atoms with van der Waals surface area (Å²) in [5.74, 6) is 0.277. The highest BCUT2D eigenvalue weighted by molar-refractivity contribution is 5.82. The van der Waals surface area contributed by atoms with Gasteiger partial charge in [-0.25, -0.2) is 0 Å². The Bertz CT molecular complexity index is 476. The molecule has 0 N–H and O–H groups in total. The molecule has 1 aromatic rings. The number of rotatable bonds is 4. The molecule has 116 valence electrons. The quantitative estimate of drug-likeness (QED) is 0.846. The maximum Gasteiger partial charge on any atom is 0.242 e. The van der Waals surface area contributed by atoms with E-state index in [0.29, 0.717) is 6.54 Å². The van der Waals surface area contributed by atoms with Gasteiger partial charge in [0.15, 0.2) is 0 Å². The van der Waals surface area contributed by atoms with E-state index in [9.17, 15) is 4.79 Å². The normalized spacial score (nSPS) is 15.7. The van der Waals surface area contributed by atoms with Crippen LogP contribution in [0.1, 0.15) is 43.7 Å². The zero-order valence-electron chi connectivity index (χ0n) is 13.7. The van der Waals surface area contributed by atoms with Crippen molar-refractivity contribution in [3.63, 3.8) is 0 Å². The lowest BCUT2D eigenvalue weighted by atomic mass is 10.1. The third-order valence-electron chi connectivity index (χ3n) is 4.36. The molecule has 0 saturated carbocycles. The molecule has 3 nitrogen and oxygen atoms in total. The van der Waals surface area contributed by atoms with Crippen LogP contribution in [0.4, 0.5) is 5.69 Å². The number of carbonyl (C=O) groups is 1. The zero-order chi connectivity index (χ0) is 15.2. The summed E-state index contributed by atoms with van der Waals surface area (Å²) in [6, 6.07) is 6.46. The van der Waals surface area contributed by atoms with Gasteiger partial charge in [0, 0.05) is 25.3 Å². The van der Waals surface area contributed by atoms with E-state index >= 15 is 0 Å². The summed E-state index contributed by atoms with van der Waals surface area (Å²) >= 11 is 0. The van der Waals surface area contributed by atoms with Gasteiger partial charge in [-0.3, -0.25) is 4.79 Å². The lowest BCUT2D eigenvalue weighted by molar-refractivity contribution is -0.129. The Morgan fingerprint density at radius 3 is 2.38 bits per heavy atom. The topological polar surface area (TPSA) is 23.6 Å². The molecule has 1 saturated heterocycles. The predicted octanol–water partition coefficient (Wildman–Crippen LogP) is 3.53. The van der Waals surface area contributed by atoms with Crippen LogP contribution in [-0.4, -0.2) is 37.0 Å². The van der Waals surface area contributed by atoms with Gasteiger partial charge in [-0.1, -0.05) is 30.5 Å². The van der Waals surface area contributed by atoms with Gasteiger partial charge in [0.05, 0.1) is 6.54 Å². The largest absolute Gasteiger partial charge is 0.362 e. The zero-order valence-corrected chi connectivity index (χ0v) is 13.7. The van der Waals surface area contributed by atoms with Crippen molar-refractivity contribution in [1.82, 2.24) is 4.90 Å². The minimum Gasteiger partial charge on any atom is -0.362 e. The molecule has 0 spiro atoms. The van der Waals surface area contributed by atoms with Crippen LogP contribution in [0, 0.1) is 13.8 Å². The first kappa shape index (κ1) is 15.9. The molecule has 0 aromatic heterocycles. The Labute approximate surface area is 128 Å². The minimum absolute atomic E-state index is 0.277. The molecule has 2 rings (SSSR count). The molecule has 1 aromatic carbocycles. The number of aryl methyl sites for hydroxylation is 2. The smallest absolute Gasteiger partial charge is 0.242 e.